The summed E-state index contributed by atoms with van der Waals surface area (Å²) in [6, 6.07) is 6.55. The molecule has 0 unspecified atom stereocenters. The van der Waals surface area contributed by atoms with Gasteiger partial charge in [-0.25, -0.2) is 9.59 Å². The molecule has 29 heavy (non-hydrogen) atoms. The van der Waals surface area contributed by atoms with Crippen LogP contribution >= 0.6 is 0 Å². The fraction of sp³-hybridized carbons (Fsp3) is 0.500. The molecule has 1 aromatic heterocycles. The maximum absolute atomic E-state index is 12.5. The van der Waals surface area contributed by atoms with E-state index in [9.17, 15) is 14.4 Å². The number of rotatable bonds is 3. The lowest BCUT2D eigenvalue weighted by Gasteiger charge is -2.32. The number of amides is 1. The molecule has 2 heterocycles. The molecule has 1 amide bonds. The molecule has 0 N–H and O–H groups in total. The lowest BCUT2D eigenvalue weighted by atomic mass is 9.97. The molecule has 0 aliphatic carbocycles. The Hall–Kier alpha value is -2.83. The fourth-order valence-corrected chi connectivity index (χ4v) is 3.39. The van der Waals surface area contributed by atoms with Crippen LogP contribution in [0.4, 0.5) is 4.79 Å². The van der Waals surface area contributed by atoms with E-state index in [4.69, 9.17) is 13.9 Å². The minimum absolute atomic E-state index is 0.293. The van der Waals surface area contributed by atoms with Gasteiger partial charge in [-0.15, -0.1) is 0 Å². The number of piperidine rings is 1. The second kappa shape index (κ2) is 8.27. The van der Waals surface area contributed by atoms with Crippen LogP contribution in [-0.2, 0) is 16.0 Å². The summed E-state index contributed by atoms with van der Waals surface area (Å²) in [5.74, 6) is -0.297. The molecule has 7 nitrogen and oxygen atoms in total. The molecule has 0 spiro atoms. The fourth-order valence-electron chi connectivity index (χ4n) is 3.39. The lowest BCUT2D eigenvalue weighted by Crippen LogP contribution is -2.43. The summed E-state index contributed by atoms with van der Waals surface area (Å²) in [4.78, 5) is 38.0. The Morgan fingerprint density at radius 2 is 1.86 bits per heavy atom. The third-order valence-corrected chi connectivity index (χ3v) is 4.88. The van der Waals surface area contributed by atoms with Crippen molar-refractivity contribution in [3.05, 3.63) is 40.2 Å². The van der Waals surface area contributed by atoms with Crippen LogP contribution < -0.4 is 10.4 Å². The number of benzene rings is 1. The number of fused-ring (bicyclic) bond motifs is 1. The Morgan fingerprint density at radius 1 is 1.17 bits per heavy atom. The minimum Gasteiger partial charge on any atom is -0.444 e. The molecule has 1 fully saturated rings. The van der Waals surface area contributed by atoms with Crippen molar-refractivity contribution in [2.75, 3.05) is 13.1 Å². The Labute approximate surface area is 169 Å². The third-order valence-electron chi connectivity index (χ3n) is 4.88. The Balaban J connectivity index is 1.63. The van der Waals surface area contributed by atoms with Crippen LogP contribution in [0.15, 0.2) is 33.5 Å². The normalized spacial score (nSPS) is 15.4. The summed E-state index contributed by atoms with van der Waals surface area (Å²) in [5, 5.41) is 0.831. The van der Waals surface area contributed by atoms with Gasteiger partial charge in [0.2, 0.25) is 0 Å². The summed E-state index contributed by atoms with van der Waals surface area (Å²) < 4.78 is 16.1. The van der Waals surface area contributed by atoms with Crippen molar-refractivity contribution in [3.8, 4) is 5.75 Å². The van der Waals surface area contributed by atoms with E-state index in [1.54, 1.807) is 23.1 Å². The SMILES string of the molecule is CCc1cc(=O)oc2cc(OC(=O)C3CCN(C(=O)OC(C)(C)C)CC3)ccc12. The Bertz CT molecular complexity index is 963. The molecule has 0 radical (unpaired) electrons. The highest BCUT2D eigenvalue weighted by atomic mass is 16.6. The second-order valence-electron chi connectivity index (χ2n) is 8.26. The van der Waals surface area contributed by atoms with Crippen molar-refractivity contribution in [1.29, 1.82) is 0 Å². The molecule has 1 saturated heterocycles. The summed E-state index contributed by atoms with van der Waals surface area (Å²) in [6.07, 6.45) is 1.37. The average Bonchev–Trinajstić information content (AvgIpc) is 2.65. The summed E-state index contributed by atoms with van der Waals surface area (Å²) in [5.41, 5.74) is 0.325. The van der Waals surface area contributed by atoms with Gasteiger partial charge < -0.3 is 18.8 Å². The molecule has 0 atom stereocenters. The topological polar surface area (TPSA) is 86.0 Å². The van der Waals surface area contributed by atoms with E-state index in [0.717, 1.165) is 10.9 Å². The molecule has 2 aromatic rings. The van der Waals surface area contributed by atoms with E-state index in [1.165, 1.54) is 6.07 Å². The molecular formula is C22H27NO6. The smallest absolute Gasteiger partial charge is 0.410 e. The number of likely N-dealkylation sites (tertiary alicyclic amines) is 1. The monoisotopic (exact) mass is 401 g/mol. The number of hydrogen-bond acceptors (Lipinski definition) is 6. The highest BCUT2D eigenvalue weighted by Crippen LogP contribution is 2.26. The van der Waals surface area contributed by atoms with Crippen LogP contribution in [0.5, 0.6) is 5.75 Å². The molecule has 0 bridgehead atoms. The van der Waals surface area contributed by atoms with Crippen molar-refractivity contribution in [2.24, 2.45) is 5.92 Å². The van der Waals surface area contributed by atoms with Gasteiger partial charge in [0.15, 0.2) is 0 Å². The number of nitrogens with zero attached hydrogens (tertiary/aromatic N) is 1. The van der Waals surface area contributed by atoms with E-state index in [0.29, 0.717) is 43.7 Å². The minimum atomic E-state index is -0.546. The van der Waals surface area contributed by atoms with Crippen molar-refractivity contribution < 1.29 is 23.5 Å². The van der Waals surface area contributed by atoms with Crippen molar-refractivity contribution in [2.45, 2.75) is 52.6 Å². The third kappa shape index (κ3) is 5.16. The first-order valence-electron chi connectivity index (χ1n) is 9.92. The number of carbonyl (C=O) groups excluding carboxylic acids is 2. The molecule has 0 saturated carbocycles. The first-order valence-corrected chi connectivity index (χ1v) is 9.92. The van der Waals surface area contributed by atoms with Gasteiger partial charge in [0.1, 0.15) is 16.9 Å². The zero-order valence-electron chi connectivity index (χ0n) is 17.3. The van der Waals surface area contributed by atoms with Crippen molar-refractivity contribution >= 4 is 23.0 Å². The standard InChI is InChI=1S/C22H27NO6/c1-5-14-12-19(24)28-18-13-16(6-7-17(14)18)27-20(25)15-8-10-23(11-9-15)21(26)29-22(2,3)4/h6-7,12-13,15H,5,8-11H2,1-4H3. The number of hydrogen-bond donors (Lipinski definition) is 0. The van der Waals surface area contributed by atoms with Crippen molar-refractivity contribution in [1.82, 2.24) is 4.90 Å². The maximum atomic E-state index is 12.5. The molecule has 1 aliphatic heterocycles. The van der Waals surface area contributed by atoms with E-state index in [-0.39, 0.29) is 18.0 Å². The van der Waals surface area contributed by atoms with Crippen LogP contribution in [-0.4, -0.2) is 35.7 Å². The van der Waals surface area contributed by atoms with Gasteiger partial charge in [-0.3, -0.25) is 4.79 Å². The summed E-state index contributed by atoms with van der Waals surface area (Å²) in [7, 11) is 0. The van der Waals surface area contributed by atoms with Crippen LogP contribution in [0.1, 0.15) is 46.1 Å². The maximum Gasteiger partial charge on any atom is 0.410 e. The van der Waals surface area contributed by atoms with Crippen LogP contribution in [0.2, 0.25) is 0 Å². The van der Waals surface area contributed by atoms with Gasteiger partial charge >= 0.3 is 17.7 Å². The van der Waals surface area contributed by atoms with E-state index < -0.39 is 11.2 Å². The van der Waals surface area contributed by atoms with Gasteiger partial charge in [0, 0.05) is 30.6 Å². The average molecular weight is 401 g/mol. The quantitative estimate of drug-likeness (QED) is 0.440. The highest BCUT2D eigenvalue weighted by Gasteiger charge is 2.31. The molecule has 1 aromatic carbocycles. The molecule has 156 valence electrons. The van der Waals surface area contributed by atoms with Crippen LogP contribution in [0.25, 0.3) is 11.0 Å². The number of ether oxygens (including phenoxy) is 2. The number of aryl methyl sites for hydroxylation is 1. The van der Waals surface area contributed by atoms with Gasteiger partial charge in [0.25, 0.3) is 0 Å². The number of carbonyl (C=O) groups is 2. The zero-order chi connectivity index (χ0) is 21.2. The molecule has 3 rings (SSSR count). The van der Waals surface area contributed by atoms with Gasteiger partial charge in [-0.05, 0) is 57.7 Å². The largest absolute Gasteiger partial charge is 0.444 e. The van der Waals surface area contributed by atoms with E-state index >= 15 is 0 Å². The Morgan fingerprint density at radius 3 is 2.48 bits per heavy atom. The first-order chi connectivity index (χ1) is 13.7. The molecule has 7 heteroatoms. The lowest BCUT2D eigenvalue weighted by molar-refractivity contribution is -0.140. The van der Waals surface area contributed by atoms with Gasteiger partial charge in [-0.2, -0.15) is 0 Å². The van der Waals surface area contributed by atoms with Crippen molar-refractivity contribution in [3.63, 3.8) is 0 Å². The highest BCUT2D eigenvalue weighted by molar-refractivity contribution is 5.83. The first kappa shape index (κ1) is 20.9. The predicted octanol–water partition coefficient (Wildman–Crippen LogP) is 3.91. The van der Waals surface area contributed by atoms with Crippen LogP contribution in [0, 0.1) is 5.92 Å². The second-order valence-corrected chi connectivity index (χ2v) is 8.26. The predicted molar refractivity (Wildman–Crippen MR) is 108 cm³/mol. The van der Waals surface area contributed by atoms with Gasteiger partial charge in [0.05, 0.1) is 5.92 Å². The summed E-state index contributed by atoms with van der Waals surface area (Å²) >= 11 is 0. The van der Waals surface area contributed by atoms with Crippen LogP contribution in [0.3, 0.4) is 0 Å². The molecule has 1 aliphatic rings. The van der Waals surface area contributed by atoms with E-state index in [1.807, 2.05) is 27.7 Å². The van der Waals surface area contributed by atoms with E-state index in [2.05, 4.69) is 0 Å². The molecular weight excluding hydrogens is 374 g/mol. The zero-order valence-corrected chi connectivity index (χ0v) is 17.3. The summed E-state index contributed by atoms with van der Waals surface area (Å²) in [6.45, 7) is 8.33. The Kier molecular flexibility index (Phi) is 5.96. The van der Waals surface area contributed by atoms with Gasteiger partial charge in [-0.1, -0.05) is 6.92 Å². The number of esters is 1.